The number of nitrogens with zero attached hydrogens (tertiary/aromatic N) is 2. The molecule has 5 heteroatoms. The van der Waals surface area contributed by atoms with Gasteiger partial charge in [0.05, 0.1) is 24.0 Å². The molecule has 2 unspecified atom stereocenters. The minimum Gasteiger partial charge on any atom is -0.323 e. The molecule has 3 rings (SSSR count). The average molecular weight is 282 g/mol. The summed E-state index contributed by atoms with van der Waals surface area (Å²) in [7, 11) is 0. The van der Waals surface area contributed by atoms with Crippen molar-refractivity contribution in [1.29, 1.82) is 0 Å². The number of amides is 1. The van der Waals surface area contributed by atoms with Crippen LogP contribution in [-0.2, 0) is 4.79 Å². The molecule has 1 saturated heterocycles. The molecule has 2 heterocycles. The van der Waals surface area contributed by atoms with Gasteiger partial charge in [-0.15, -0.1) is 0 Å². The summed E-state index contributed by atoms with van der Waals surface area (Å²) < 4.78 is 0. The zero-order valence-corrected chi connectivity index (χ0v) is 11.9. The standard InChI is InChI=1S/C16H18N4O/c1-11-14(7-8-17-11)16(21)20-13-9-18-15(19-10-13)12-5-3-2-4-6-12/h2-6,9-11,14,17H,7-8H2,1H3,(H,20,21). The van der Waals surface area contributed by atoms with Crippen molar-refractivity contribution in [2.24, 2.45) is 5.92 Å². The predicted molar refractivity (Wildman–Crippen MR) is 81.7 cm³/mol. The van der Waals surface area contributed by atoms with Crippen molar-refractivity contribution < 1.29 is 4.79 Å². The molecule has 2 atom stereocenters. The third-order valence-electron chi connectivity index (χ3n) is 3.81. The highest BCUT2D eigenvalue weighted by atomic mass is 16.2. The number of hydrogen-bond acceptors (Lipinski definition) is 4. The van der Waals surface area contributed by atoms with Gasteiger partial charge >= 0.3 is 0 Å². The van der Waals surface area contributed by atoms with Gasteiger partial charge in [0.1, 0.15) is 0 Å². The number of anilines is 1. The quantitative estimate of drug-likeness (QED) is 0.904. The summed E-state index contributed by atoms with van der Waals surface area (Å²) in [5, 5.41) is 6.16. The van der Waals surface area contributed by atoms with Crippen molar-refractivity contribution in [1.82, 2.24) is 15.3 Å². The highest BCUT2D eigenvalue weighted by Crippen LogP contribution is 2.19. The van der Waals surface area contributed by atoms with Crippen LogP contribution in [0.1, 0.15) is 13.3 Å². The summed E-state index contributed by atoms with van der Waals surface area (Å²) in [5.74, 6) is 0.701. The van der Waals surface area contributed by atoms with Crippen LogP contribution in [0.5, 0.6) is 0 Å². The van der Waals surface area contributed by atoms with E-state index < -0.39 is 0 Å². The number of carbonyl (C=O) groups is 1. The number of rotatable bonds is 3. The zero-order chi connectivity index (χ0) is 14.7. The maximum atomic E-state index is 12.2. The topological polar surface area (TPSA) is 66.9 Å². The Bertz CT molecular complexity index is 612. The highest BCUT2D eigenvalue weighted by Gasteiger charge is 2.29. The molecule has 1 aromatic carbocycles. The average Bonchev–Trinajstić information content (AvgIpc) is 2.95. The smallest absolute Gasteiger partial charge is 0.229 e. The minimum atomic E-state index is 0.0128. The van der Waals surface area contributed by atoms with Gasteiger partial charge in [-0.2, -0.15) is 0 Å². The Kier molecular flexibility index (Phi) is 3.92. The zero-order valence-electron chi connectivity index (χ0n) is 11.9. The molecule has 1 aromatic heterocycles. The van der Waals surface area contributed by atoms with Crippen LogP contribution in [0.25, 0.3) is 11.4 Å². The molecule has 108 valence electrons. The van der Waals surface area contributed by atoms with Crippen LogP contribution in [0.3, 0.4) is 0 Å². The Morgan fingerprint density at radius 1 is 1.24 bits per heavy atom. The molecule has 1 aliphatic heterocycles. The van der Waals surface area contributed by atoms with Gasteiger partial charge in [-0.25, -0.2) is 9.97 Å². The third-order valence-corrected chi connectivity index (χ3v) is 3.81. The molecule has 2 N–H and O–H groups in total. The van der Waals surface area contributed by atoms with Crippen molar-refractivity contribution >= 4 is 11.6 Å². The molecule has 0 spiro atoms. The van der Waals surface area contributed by atoms with Gasteiger partial charge in [-0.05, 0) is 19.9 Å². The lowest BCUT2D eigenvalue weighted by Crippen LogP contribution is -2.32. The first-order valence-corrected chi connectivity index (χ1v) is 7.16. The third kappa shape index (κ3) is 3.08. The van der Waals surface area contributed by atoms with Gasteiger partial charge in [0, 0.05) is 11.6 Å². The van der Waals surface area contributed by atoms with Crippen LogP contribution in [0.4, 0.5) is 5.69 Å². The van der Waals surface area contributed by atoms with E-state index in [0.29, 0.717) is 11.5 Å². The molecular formula is C16H18N4O. The maximum absolute atomic E-state index is 12.2. The number of hydrogen-bond donors (Lipinski definition) is 2. The van der Waals surface area contributed by atoms with E-state index in [1.165, 1.54) is 0 Å². The maximum Gasteiger partial charge on any atom is 0.229 e. The van der Waals surface area contributed by atoms with Gasteiger partial charge in [0.2, 0.25) is 5.91 Å². The summed E-state index contributed by atoms with van der Waals surface area (Å²) in [5.41, 5.74) is 1.60. The fraction of sp³-hybridized carbons (Fsp3) is 0.312. The lowest BCUT2D eigenvalue weighted by molar-refractivity contribution is -0.120. The Labute approximate surface area is 123 Å². The van der Waals surface area contributed by atoms with Crippen molar-refractivity contribution in [2.45, 2.75) is 19.4 Å². The summed E-state index contributed by atoms with van der Waals surface area (Å²) in [6, 6.07) is 9.98. The Morgan fingerprint density at radius 3 is 2.57 bits per heavy atom. The molecule has 21 heavy (non-hydrogen) atoms. The van der Waals surface area contributed by atoms with Gasteiger partial charge in [0.15, 0.2) is 5.82 Å². The Hall–Kier alpha value is -2.27. The van der Waals surface area contributed by atoms with Crippen LogP contribution in [0, 0.1) is 5.92 Å². The minimum absolute atomic E-state index is 0.0128. The first-order chi connectivity index (χ1) is 10.2. The first kappa shape index (κ1) is 13.7. The van der Waals surface area contributed by atoms with Crippen LogP contribution < -0.4 is 10.6 Å². The fourth-order valence-electron chi connectivity index (χ4n) is 2.58. The summed E-state index contributed by atoms with van der Waals surface area (Å²) >= 11 is 0. The number of carbonyl (C=O) groups excluding carboxylic acids is 1. The fourth-order valence-corrected chi connectivity index (χ4v) is 2.58. The molecule has 1 aliphatic rings. The van der Waals surface area contributed by atoms with Crippen LogP contribution in [0.15, 0.2) is 42.7 Å². The van der Waals surface area contributed by atoms with E-state index >= 15 is 0 Å². The van der Waals surface area contributed by atoms with Crippen LogP contribution in [0.2, 0.25) is 0 Å². The molecule has 0 radical (unpaired) electrons. The molecule has 5 nitrogen and oxygen atoms in total. The van der Waals surface area contributed by atoms with E-state index in [9.17, 15) is 4.79 Å². The Morgan fingerprint density at radius 2 is 1.95 bits per heavy atom. The van der Waals surface area contributed by atoms with E-state index in [1.54, 1.807) is 12.4 Å². The van der Waals surface area contributed by atoms with E-state index in [1.807, 2.05) is 37.3 Å². The van der Waals surface area contributed by atoms with Gasteiger partial charge in [-0.3, -0.25) is 4.79 Å². The monoisotopic (exact) mass is 282 g/mol. The van der Waals surface area contributed by atoms with Gasteiger partial charge in [0.25, 0.3) is 0 Å². The second-order valence-corrected chi connectivity index (χ2v) is 5.29. The lowest BCUT2D eigenvalue weighted by atomic mass is 10.0. The molecule has 1 fully saturated rings. The Balaban J connectivity index is 1.69. The molecule has 1 amide bonds. The molecule has 2 aromatic rings. The first-order valence-electron chi connectivity index (χ1n) is 7.16. The van der Waals surface area contributed by atoms with Gasteiger partial charge in [-0.1, -0.05) is 30.3 Å². The highest BCUT2D eigenvalue weighted by molar-refractivity contribution is 5.93. The second kappa shape index (κ2) is 6.01. The number of aromatic nitrogens is 2. The molecular weight excluding hydrogens is 264 g/mol. The number of benzene rings is 1. The van der Waals surface area contributed by atoms with Crippen molar-refractivity contribution in [3.05, 3.63) is 42.7 Å². The summed E-state index contributed by atoms with van der Waals surface area (Å²) in [4.78, 5) is 20.8. The molecule has 0 aliphatic carbocycles. The van der Waals surface area contributed by atoms with E-state index in [2.05, 4.69) is 20.6 Å². The SMILES string of the molecule is CC1NCCC1C(=O)Nc1cnc(-c2ccccc2)nc1. The summed E-state index contributed by atoms with van der Waals surface area (Å²) in [6.07, 6.45) is 4.18. The van der Waals surface area contributed by atoms with Crippen molar-refractivity contribution in [3.8, 4) is 11.4 Å². The van der Waals surface area contributed by atoms with Crippen LogP contribution in [-0.4, -0.2) is 28.5 Å². The molecule has 0 saturated carbocycles. The van der Waals surface area contributed by atoms with Crippen molar-refractivity contribution in [3.63, 3.8) is 0 Å². The van der Waals surface area contributed by atoms with Crippen molar-refractivity contribution in [2.75, 3.05) is 11.9 Å². The lowest BCUT2D eigenvalue weighted by Gasteiger charge is -2.14. The normalized spacial score (nSPS) is 21.2. The predicted octanol–water partition coefficient (Wildman–Crippen LogP) is 2.08. The molecule has 0 bridgehead atoms. The second-order valence-electron chi connectivity index (χ2n) is 5.29. The largest absolute Gasteiger partial charge is 0.323 e. The van der Waals surface area contributed by atoms with E-state index in [4.69, 9.17) is 0 Å². The van der Waals surface area contributed by atoms with E-state index in [0.717, 1.165) is 18.5 Å². The summed E-state index contributed by atoms with van der Waals surface area (Å²) in [6.45, 7) is 2.93. The van der Waals surface area contributed by atoms with Gasteiger partial charge < -0.3 is 10.6 Å². The van der Waals surface area contributed by atoms with E-state index in [-0.39, 0.29) is 17.9 Å². The number of nitrogens with one attached hydrogen (secondary N) is 2. The van der Waals surface area contributed by atoms with Crippen LogP contribution >= 0.6 is 0 Å².